The van der Waals surface area contributed by atoms with Gasteiger partial charge in [0, 0.05) is 6.54 Å². The van der Waals surface area contributed by atoms with Gasteiger partial charge in [-0.25, -0.2) is 10.3 Å². The molecule has 0 aliphatic heterocycles. The van der Waals surface area contributed by atoms with E-state index in [1.54, 1.807) is 24.3 Å². The predicted octanol–water partition coefficient (Wildman–Crippen LogP) is 0.595. The Labute approximate surface area is 116 Å². The smallest absolute Gasteiger partial charge is 0.407 e. The summed E-state index contributed by atoms with van der Waals surface area (Å²) in [5.74, 6) is -0.509. The maximum Gasteiger partial charge on any atom is 0.407 e. The summed E-state index contributed by atoms with van der Waals surface area (Å²) >= 11 is 0. The summed E-state index contributed by atoms with van der Waals surface area (Å²) < 4.78 is 0. The van der Waals surface area contributed by atoms with E-state index in [4.69, 9.17) is 5.11 Å². The van der Waals surface area contributed by atoms with Crippen molar-refractivity contribution >= 4 is 12.0 Å². The highest BCUT2D eigenvalue weighted by Gasteiger charge is 2.19. The van der Waals surface area contributed by atoms with E-state index in [1.165, 1.54) is 7.11 Å². The van der Waals surface area contributed by atoms with Gasteiger partial charge in [0.2, 0.25) is 5.91 Å². The van der Waals surface area contributed by atoms with Crippen LogP contribution in [0.3, 0.4) is 0 Å². The van der Waals surface area contributed by atoms with Crippen molar-refractivity contribution in [3.63, 3.8) is 0 Å². The molecule has 20 heavy (non-hydrogen) atoms. The van der Waals surface area contributed by atoms with Gasteiger partial charge in [0.05, 0.1) is 26.2 Å². The molecular weight excluding hydrogens is 264 g/mol. The van der Waals surface area contributed by atoms with Gasteiger partial charge in [-0.15, -0.1) is 0 Å². The average molecular weight is 282 g/mol. The molecule has 110 valence electrons. The fourth-order valence-electron chi connectivity index (χ4n) is 1.70. The zero-order valence-electron chi connectivity index (χ0n) is 11.2. The lowest BCUT2D eigenvalue weighted by Gasteiger charge is -2.22. The number of carboxylic acid groups (broad SMARTS) is 1. The maximum atomic E-state index is 11.2. The Bertz CT molecular complexity index is 438. The Balaban J connectivity index is 2.55. The number of hydrogen-bond acceptors (Lipinski definition) is 4. The van der Waals surface area contributed by atoms with Crippen LogP contribution in [0, 0.1) is 0 Å². The molecule has 0 aliphatic rings. The van der Waals surface area contributed by atoms with Crippen LogP contribution in [0.2, 0.25) is 0 Å². The molecule has 0 saturated carbocycles. The minimum absolute atomic E-state index is 0.151. The predicted molar refractivity (Wildman–Crippen MR) is 70.7 cm³/mol. The van der Waals surface area contributed by atoms with Crippen molar-refractivity contribution in [3.05, 3.63) is 35.9 Å². The fourth-order valence-corrected chi connectivity index (χ4v) is 1.70. The molecule has 0 heterocycles. The lowest BCUT2D eigenvalue weighted by Crippen LogP contribution is -2.38. The van der Waals surface area contributed by atoms with Gasteiger partial charge in [-0.1, -0.05) is 30.3 Å². The van der Waals surface area contributed by atoms with Gasteiger partial charge in [-0.05, 0) is 5.56 Å². The zero-order valence-corrected chi connectivity index (χ0v) is 11.2. The number of aliphatic hydroxyl groups excluding tert-OH is 1. The van der Waals surface area contributed by atoms with Crippen molar-refractivity contribution in [2.75, 3.05) is 13.7 Å². The van der Waals surface area contributed by atoms with Crippen LogP contribution in [0.1, 0.15) is 12.0 Å². The van der Waals surface area contributed by atoms with Crippen molar-refractivity contribution < 1.29 is 24.6 Å². The first-order valence-electron chi connectivity index (χ1n) is 6.04. The standard InChI is InChI=1S/C13H18N2O5/c1-20-14-12(17)7-11(16)9-15(13(18)19)8-10-5-3-2-4-6-10/h2-6,11,16H,7-9H2,1H3,(H,14,17)(H,18,19). The van der Waals surface area contributed by atoms with Crippen LogP contribution >= 0.6 is 0 Å². The topological polar surface area (TPSA) is 99.1 Å². The quantitative estimate of drug-likeness (QED) is 0.636. The molecule has 3 N–H and O–H groups in total. The van der Waals surface area contributed by atoms with Crippen molar-refractivity contribution in [1.82, 2.24) is 10.4 Å². The van der Waals surface area contributed by atoms with Crippen LogP contribution in [-0.2, 0) is 16.2 Å². The van der Waals surface area contributed by atoms with Crippen molar-refractivity contribution in [2.24, 2.45) is 0 Å². The average Bonchev–Trinajstić information content (AvgIpc) is 2.39. The van der Waals surface area contributed by atoms with Crippen LogP contribution in [0.5, 0.6) is 0 Å². The largest absolute Gasteiger partial charge is 0.465 e. The van der Waals surface area contributed by atoms with Gasteiger partial charge >= 0.3 is 6.09 Å². The number of benzene rings is 1. The van der Waals surface area contributed by atoms with E-state index >= 15 is 0 Å². The third-order valence-electron chi connectivity index (χ3n) is 2.55. The highest BCUT2D eigenvalue weighted by molar-refractivity contribution is 5.75. The molecule has 1 aromatic carbocycles. The molecule has 0 aromatic heterocycles. The second-order valence-electron chi connectivity index (χ2n) is 4.24. The SMILES string of the molecule is CONC(=O)CC(O)CN(Cc1ccccc1)C(=O)O. The number of nitrogens with one attached hydrogen (secondary N) is 1. The molecule has 7 heteroatoms. The number of carbonyl (C=O) groups is 2. The summed E-state index contributed by atoms with van der Waals surface area (Å²) in [6, 6.07) is 9.02. The summed E-state index contributed by atoms with van der Waals surface area (Å²) in [4.78, 5) is 27.8. The Hall–Kier alpha value is -2.12. The van der Waals surface area contributed by atoms with Crippen LogP contribution in [0.25, 0.3) is 0 Å². The van der Waals surface area contributed by atoms with Gasteiger partial charge in [0.15, 0.2) is 0 Å². The number of aliphatic hydroxyl groups is 1. The van der Waals surface area contributed by atoms with Crippen molar-refractivity contribution in [1.29, 1.82) is 0 Å². The Kier molecular flexibility index (Phi) is 6.48. The first-order valence-corrected chi connectivity index (χ1v) is 6.04. The molecule has 1 aromatic rings. The molecule has 0 fully saturated rings. The van der Waals surface area contributed by atoms with Gasteiger partial charge in [0.1, 0.15) is 0 Å². The van der Waals surface area contributed by atoms with E-state index in [1.807, 2.05) is 6.07 Å². The third kappa shape index (κ3) is 5.68. The van der Waals surface area contributed by atoms with Gasteiger partial charge in [-0.2, -0.15) is 0 Å². The number of rotatable bonds is 7. The fraction of sp³-hybridized carbons (Fsp3) is 0.385. The van der Waals surface area contributed by atoms with Gasteiger partial charge in [-0.3, -0.25) is 9.63 Å². The van der Waals surface area contributed by atoms with Crippen molar-refractivity contribution in [2.45, 2.75) is 19.1 Å². The molecule has 0 radical (unpaired) electrons. The van der Waals surface area contributed by atoms with Crippen molar-refractivity contribution in [3.8, 4) is 0 Å². The summed E-state index contributed by atoms with van der Waals surface area (Å²) in [5, 5.41) is 18.8. The highest BCUT2D eigenvalue weighted by atomic mass is 16.6. The molecule has 0 aliphatic carbocycles. The first kappa shape index (κ1) is 15.9. The van der Waals surface area contributed by atoms with E-state index in [0.717, 1.165) is 10.5 Å². The van der Waals surface area contributed by atoms with Gasteiger partial charge < -0.3 is 15.1 Å². The maximum absolute atomic E-state index is 11.2. The van der Waals surface area contributed by atoms with E-state index < -0.39 is 18.1 Å². The van der Waals surface area contributed by atoms with E-state index in [2.05, 4.69) is 10.3 Å². The zero-order chi connectivity index (χ0) is 15.0. The molecule has 1 unspecified atom stereocenters. The normalized spacial score (nSPS) is 11.7. The number of nitrogens with zero attached hydrogens (tertiary/aromatic N) is 1. The minimum Gasteiger partial charge on any atom is -0.465 e. The summed E-state index contributed by atoms with van der Waals surface area (Å²) in [6.07, 6.45) is -2.48. The minimum atomic E-state index is -1.15. The Morgan fingerprint density at radius 1 is 1.35 bits per heavy atom. The summed E-state index contributed by atoms with van der Waals surface area (Å²) in [7, 11) is 1.28. The molecule has 0 saturated heterocycles. The molecule has 2 amide bonds. The molecule has 1 atom stereocenters. The van der Waals surface area contributed by atoms with E-state index in [0.29, 0.717) is 0 Å². The molecular formula is C13H18N2O5. The van der Waals surface area contributed by atoms with E-state index in [9.17, 15) is 14.7 Å². The van der Waals surface area contributed by atoms with Crippen LogP contribution in [0.15, 0.2) is 30.3 Å². The Morgan fingerprint density at radius 3 is 2.55 bits per heavy atom. The highest BCUT2D eigenvalue weighted by Crippen LogP contribution is 2.06. The lowest BCUT2D eigenvalue weighted by atomic mass is 10.2. The molecule has 7 nitrogen and oxygen atoms in total. The first-order chi connectivity index (χ1) is 9.52. The van der Waals surface area contributed by atoms with Gasteiger partial charge in [0.25, 0.3) is 0 Å². The number of carbonyl (C=O) groups excluding carboxylic acids is 1. The molecule has 0 bridgehead atoms. The second kappa shape index (κ2) is 8.13. The number of hydrogen-bond donors (Lipinski definition) is 3. The van der Waals surface area contributed by atoms with Crippen LogP contribution in [0.4, 0.5) is 4.79 Å². The Morgan fingerprint density at radius 2 is 2.00 bits per heavy atom. The summed E-state index contributed by atoms with van der Waals surface area (Å²) in [5.41, 5.74) is 2.87. The van der Waals surface area contributed by atoms with Crippen LogP contribution in [-0.4, -0.2) is 46.9 Å². The molecule has 0 spiro atoms. The second-order valence-corrected chi connectivity index (χ2v) is 4.24. The third-order valence-corrected chi connectivity index (χ3v) is 2.55. The number of hydroxylamine groups is 1. The lowest BCUT2D eigenvalue weighted by molar-refractivity contribution is -0.133. The van der Waals surface area contributed by atoms with E-state index in [-0.39, 0.29) is 19.5 Å². The summed E-state index contributed by atoms with van der Waals surface area (Å²) in [6.45, 7) is 0.000488. The number of amides is 2. The monoisotopic (exact) mass is 282 g/mol. The molecule has 1 rings (SSSR count). The van der Waals surface area contributed by atoms with Crippen LogP contribution < -0.4 is 5.48 Å².